The Morgan fingerprint density at radius 3 is 2.06 bits per heavy atom. The van der Waals surface area contributed by atoms with Gasteiger partial charge in [0, 0.05) is 6.54 Å². The molecule has 1 heterocycles. The first-order valence-electron chi connectivity index (χ1n) is 12.3. The lowest BCUT2D eigenvalue weighted by molar-refractivity contribution is -0.143. The Kier molecular flexibility index (Phi) is 8.30. The van der Waals surface area contributed by atoms with Gasteiger partial charge in [-0.2, -0.15) is 0 Å². The third-order valence-corrected chi connectivity index (χ3v) is 6.94. The van der Waals surface area contributed by atoms with Crippen molar-refractivity contribution in [3.63, 3.8) is 0 Å². The highest BCUT2D eigenvalue weighted by Gasteiger charge is 2.33. The Labute approximate surface area is 213 Å². The third-order valence-electron chi connectivity index (χ3n) is 6.94. The molecule has 1 atom stereocenters. The molecule has 1 unspecified atom stereocenters. The van der Waals surface area contributed by atoms with E-state index in [0.29, 0.717) is 19.5 Å². The summed E-state index contributed by atoms with van der Waals surface area (Å²) in [6.45, 7) is 1.95. The number of hydrogen-bond acceptors (Lipinski definition) is 4. The summed E-state index contributed by atoms with van der Waals surface area (Å²) in [7, 11) is 3.33. The highest BCUT2D eigenvalue weighted by Crippen LogP contribution is 2.37. The predicted molar refractivity (Wildman–Crippen MR) is 141 cm³/mol. The fraction of sp³-hybridized carbons (Fsp3) is 0.323. The number of carboxylic acid groups (broad SMARTS) is 1. The van der Waals surface area contributed by atoms with Gasteiger partial charge in [-0.15, -0.1) is 0 Å². The number of hydrogen-bond donors (Lipinski definition) is 1. The van der Waals surface area contributed by atoms with E-state index in [1.807, 2.05) is 30.3 Å². The lowest BCUT2D eigenvalue weighted by Crippen LogP contribution is -2.39. The van der Waals surface area contributed by atoms with Crippen LogP contribution in [0.25, 0.3) is 0 Å². The number of carbonyl (C=O) groups is 1. The summed E-state index contributed by atoms with van der Waals surface area (Å²) in [6, 6.07) is 26.6. The minimum Gasteiger partial charge on any atom is -0.497 e. The largest absolute Gasteiger partial charge is 0.497 e. The number of nitrogens with zero attached hydrogens (tertiary/aromatic N) is 1. The Bertz CT molecular complexity index is 1150. The van der Waals surface area contributed by atoms with Gasteiger partial charge in [-0.25, -0.2) is 0 Å². The molecule has 0 spiro atoms. The van der Waals surface area contributed by atoms with Crippen LogP contribution in [0, 0.1) is 17.8 Å². The van der Waals surface area contributed by atoms with E-state index in [4.69, 9.17) is 9.47 Å². The monoisotopic (exact) mass is 483 g/mol. The second-order valence-corrected chi connectivity index (χ2v) is 9.24. The van der Waals surface area contributed by atoms with Crippen molar-refractivity contribution in [3.8, 4) is 23.3 Å². The fourth-order valence-electron chi connectivity index (χ4n) is 4.92. The molecule has 0 amide bonds. The van der Waals surface area contributed by atoms with Crippen LogP contribution in [0.15, 0.2) is 78.9 Å². The van der Waals surface area contributed by atoms with Crippen molar-refractivity contribution in [1.82, 2.24) is 4.90 Å². The smallest absolute Gasteiger partial charge is 0.307 e. The number of aliphatic carboxylic acids is 1. The van der Waals surface area contributed by atoms with Gasteiger partial charge < -0.3 is 14.6 Å². The molecule has 0 bridgehead atoms. The van der Waals surface area contributed by atoms with Crippen LogP contribution in [-0.2, 0) is 16.6 Å². The van der Waals surface area contributed by atoms with Gasteiger partial charge in [0.2, 0.25) is 0 Å². The number of ether oxygens (including phenoxy) is 2. The SMILES string of the molecule is COc1ccc(C(C#CCN2CCCC(C(=O)O)C2)(Cc2ccccc2)c2ccc(OC)cc2)cc1. The van der Waals surface area contributed by atoms with Gasteiger partial charge in [-0.1, -0.05) is 66.4 Å². The molecule has 1 N–H and O–H groups in total. The number of benzene rings is 3. The normalized spacial score (nSPS) is 16.0. The van der Waals surface area contributed by atoms with Crippen LogP contribution < -0.4 is 9.47 Å². The number of carboxylic acids is 1. The molecular formula is C31H33NO4. The van der Waals surface area contributed by atoms with Crippen molar-refractivity contribution >= 4 is 5.97 Å². The Hall–Kier alpha value is -3.75. The summed E-state index contributed by atoms with van der Waals surface area (Å²) in [5.41, 5.74) is 2.73. The summed E-state index contributed by atoms with van der Waals surface area (Å²) >= 11 is 0. The van der Waals surface area contributed by atoms with E-state index in [2.05, 4.69) is 65.3 Å². The van der Waals surface area contributed by atoms with Crippen molar-refractivity contribution in [2.75, 3.05) is 33.9 Å². The van der Waals surface area contributed by atoms with Gasteiger partial charge in [0.25, 0.3) is 0 Å². The molecule has 0 aromatic heterocycles. The summed E-state index contributed by atoms with van der Waals surface area (Å²) in [4.78, 5) is 13.7. The first-order valence-corrected chi connectivity index (χ1v) is 12.3. The highest BCUT2D eigenvalue weighted by molar-refractivity contribution is 5.70. The summed E-state index contributed by atoms with van der Waals surface area (Å²) in [6.07, 6.45) is 2.30. The van der Waals surface area contributed by atoms with Crippen molar-refractivity contribution < 1.29 is 19.4 Å². The second-order valence-electron chi connectivity index (χ2n) is 9.24. The van der Waals surface area contributed by atoms with Crippen LogP contribution in [-0.4, -0.2) is 49.8 Å². The zero-order chi connectivity index (χ0) is 25.4. The van der Waals surface area contributed by atoms with E-state index in [1.165, 1.54) is 5.56 Å². The summed E-state index contributed by atoms with van der Waals surface area (Å²) in [5, 5.41) is 9.47. The molecule has 0 aliphatic carbocycles. The molecule has 5 nitrogen and oxygen atoms in total. The van der Waals surface area contributed by atoms with Crippen LogP contribution in [0.5, 0.6) is 11.5 Å². The van der Waals surface area contributed by atoms with Gasteiger partial charge in [0.05, 0.1) is 32.1 Å². The van der Waals surface area contributed by atoms with Gasteiger partial charge in [0.15, 0.2) is 0 Å². The van der Waals surface area contributed by atoms with Crippen molar-refractivity contribution in [3.05, 3.63) is 95.6 Å². The zero-order valence-electron chi connectivity index (χ0n) is 20.9. The molecular weight excluding hydrogens is 450 g/mol. The standard InChI is InChI=1S/C31H33NO4/c1-35-28-15-11-26(12-16-28)31(22-24-8-4-3-5-9-24,27-13-17-29(36-2)18-14-27)19-7-21-32-20-6-10-25(23-32)30(33)34/h3-5,8-9,11-18,25H,6,10,20-23H2,1-2H3,(H,33,34). The number of methoxy groups -OCH3 is 2. The number of piperidine rings is 1. The first kappa shape index (κ1) is 25.3. The fourth-order valence-corrected chi connectivity index (χ4v) is 4.92. The molecule has 3 aromatic rings. The average Bonchev–Trinajstić information content (AvgIpc) is 2.93. The lowest BCUT2D eigenvalue weighted by Gasteiger charge is -2.32. The average molecular weight is 484 g/mol. The molecule has 1 aliphatic heterocycles. The summed E-state index contributed by atoms with van der Waals surface area (Å²) in [5.74, 6) is 7.66. The Morgan fingerprint density at radius 2 is 1.53 bits per heavy atom. The topological polar surface area (TPSA) is 59.0 Å². The second kappa shape index (κ2) is 11.8. The summed E-state index contributed by atoms with van der Waals surface area (Å²) < 4.78 is 10.8. The molecule has 1 aliphatic rings. The van der Waals surface area contributed by atoms with Gasteiger partial charge in [-0.3, -0.25) is 9.69 Å². The minimum atomic E-state index is -0.720. The maximum atomic E-state index is 11.5. The predicted octanol–water partition coefficient (Wildman–Crippen LogP) is 5.03. The van der Waals surface area contributed by atoms with Crippen LogP contribution >= 0.6 is 0 Å². The van der Waals surface area contributed by atoms with Crippen molar-refractivity contribution in [2.24, 2.45) is 5.92 Å². The lowest BCUT2D eigenvalue weighted by atomic mass is 9.71. The number of likely N-dealkylation sites (tertiary alicyclic amines) is 1. The molecule has 0 radical (unpaired) electrons. The molecule has 36 heavy (non-hydrogen) atoms. The minimum absolute atomic E-state index is 0.321. The van der Waals surface area contributed by atoms with Crippen LogP contribution in [0.1, 0.15) is 29.5 Å². The van der Waals surface area contributed by atoms with E-state index >= 15 is 0 Å². The van der Waals surface area contributed by atoms with E-state index in [0.717, 1.165) is 42.0 Å². The van der Waals surface area contributed by atoms with Crippen molar-refractivity contribution in [1.29, 1.82) is 0 Å². The molecule has 1 fully saturated rings. The molecule has 3 aromatic carbocycles. The molecule has 4 rings (SSSR count). The van der Waals surface area contributed by atoms with Crippen molar-refractivity contribution in [2.45, 2.75) is 24.7 Å². The molecule has 1 saturated heterocycles. The van der Waals surface area contributed by atoms with E-state index < -0.39 is 11.4 Å². The van der Waals surface area contributed by atoms with E-state index in [-0.39, 0.29) is 5.92 Å². The van der Waals surface area contributed by atoms with Crippen LogP contribution in [0.4, 0.5) is 0 Å². The Morgan fingerprint density at radius 1 is 0.944 bits per heavy atom. The number of rotatable bonds is 8. The highest BCUT2D eigenvalue weighted by atomic mass is 16.5. The van der Waals surface area contributed by atoms with Gasteiger partial charge in [0.1, 0.15) is 11.5 Å². The molecule has 0 saturated carbocycles. The zero-order valence-corrected chi connectivity index (χ0v) is 20.9. The first-order chi connectivity index (χ1) is 17.5. The quantitative estimate of drug-likeness (QED) is 0.455. The maximum absolute atomic E-state index is 11.5. The third kappa shape index (κ3) is 5.90. The maximum Gasteiger partial charge on any atom is 0.307 e. The van der Waals surface area contributed by atoms with Crippen LogP contribution in [0.3, 0.4) is 0 Å². The van der Waals surface area contributed by atoms with Crippen LogP contribution in [0.2, 0.25) is 0 Å². The molecule has 5 heteroatoms. The van der Waals surface area contributed by atoms with Gasteiger partial charge in [-0.05, 0) is 66.8 Å². The van der Waals surface area contributed by atoms with E-state index in [9.17, 15) is 9.90 Å². The van der Waals surface area contributed by atoms with E-state index in [1.54, 1.807) is 14.2 Å². The van der Waals surface area contributed by atoms with Gasteiger partial charge >= 0.3 is 5.97 Å². The Balaban J connectivity index is 1.77. The molecule has 186 valence electrons.